The zero-order chi connectivity index (χ0) is 22.9. The number of alkyl halides is 2. The van der Waals surface area contributed by atoms with Gasteiger partial charge in [-0.15, -0.1) is 0 Å². The third kappa shape index (κ3) is 6.66. The molecule has 2 aromatic heterocycles. The zero-order valence-corrected chi connectivity index (χ0v) is 18.4. The fourth-order valence-electron chi connectivity index (χ4n) is 3.61. The van der Waals surface area contributed by atoms with Crippen LogP contribution in [0.1, 0.15) is 62.2 Å². The van der Waals surface area contributed by atoms with Gasteiger partial charge in [0.1, 0.15) is 12.0 Å². The third-order valence-corrected chi connectivity index (χ3v) is 5.65. The SMILES string of the molecule is CC[C@H](F)CNc1ncc(-c2ccc(C(=O)CCCF)cn2)c(N[C@H]2CC[C@H](O)CC2)n1. The van der Waals surface area contributed by atoms with Crippen LogP contribution in [-0.2, 0) is 0 Å². The lowest BCUT2D eigenvalue weighted by molar-refractivity contribution is 0.0976. The summed E-state index contributed by atoms with van der Waals surface area (Å²) in [5.74, 6) is 0.745. The van der Waals surface area contributed by atoms with Crippen LogP contribution in [0.25, 0.3) is 11.3 Å². The van der Waals surface area contributed by atoms with Gasteiger partial charge in [0, 0.05) is 37.0 Å². The first-order valence-electron chi connectivity index (χ1n) is 11.2. The van der Waals surface area contributed by atoms with Crippen molar-refractivity contribution in [1.29, 1.82) is 0 Å². The van der Waals surface area contributed by atoms with Crippen molar-refractivity contribution in [2.75, 3.05) is 23.9 Å². The van der Waals surface area contributed by atoms with Gasteiger partial charge in [0.05, 0.1) is 24.0 Å². The van der Waals surface area contributed by atoms with Crippen molar-refractivity contribution in [1.82, 2.24) is 15.0 Å². The van der Waals surface area contributed by atoms with Crippen molar-refractivity contribution in [2.24, 2.45) is 0 Å². The fourth-order valence-corrected chi connectivity index (χ4v) is 3.61. The van der Waals surface area contributed by atoms with E-state index in [4.69, 9.17) is 0 Å². The molecule has 32 heavy (non-hydrogen) atoms. The molecular weight excluding hydrogens is 416 g/mol. The maximum atomic E-state index is 13.6. The number of carbonyl (C=O) groups is 1. The number of ketones is 1. The highest BCUT2D eigenvalue weighted by Crippen LogP contribution is 2.29. The van der Waals surface area contributed by atoms with Gasteiger partial charge in [-0.25, -0.2) is 9.37 Å². The van der Waals surface area contributed by atoms with E-state index in [2.05, 4.69) is 25.6 Å². The number of Topliss-reactive ketones (excluding diaryl/α,β-unsaturated/α-hetero) is 1. The Morgan fingerprint density at radius 2 is 2.00 bits per heavy atom. The van der Waals surface area contributed by atoms with Gasteiger partial charge in [0.25, 0.3) is 0 Å². The van der Waals surface area contributed by atoms with Gasteiger partial charge in [0.2, 0.25) is 5.95 Å². The number of aliphatic hydroxyl groups is 1. The van der Waals surface area contributed by atoms with E-state index in [9.17, 15) is 18.7 Å². The van der Waals surface area contributed by atoms with Crippen LogP contribution in [0.3, 0.4) is 0 Å². The number of aliphatic hydroxyl groups excluding tert-OH is 1. The highest BCUT2D eigenvalue weighted by molar-refractivity contribution is 5.96. The van der Waals surface area contributed by atoms with Crippen LogP contribution in [0.15, 0.2) is 24.5 Å². The van der Waals surface area contributed by atoms with Crippen molar-refractivity contribution < 1.29 is 18.7 Å². The normalized spacial score (nSPS) is 19.4. The van der Waals surface area contributed by atoms with Gasteiger partial charge in [0.15, 0.2) is 5.78 Å². The van der Waals surface area contributed by atoms with E-state index in [0.717, 1.165) is 25.7 Å². The number of rotatable bonds is 11. The first kappa shape index (κ1) is 24.0. The summed E-state index contributed by atoms with van der Waals surface area (Å²) >= 11 is 0. The smallest absolute Gasteiger partial charge is 0.224 e. The Balaban J connectivity index is 1.82. The first-order chi connectivity index (χ1) is 15.5. The second kappa shape index (κ2) is 11.8. The van der Waals surface area contributed by atoms with E-state index in [0.29, 0.717) is 35.0 Å². The molecular formula is C23H31F2N5O2. The summed E-state index contributed by atoms with van der Waals surface area (Å²) in [7, 11) is 0. The number of halogens is 2. The minimum Gasteiger partial charge on any atom is -0.393 e. The zero-order valence-electron chi connectivity index (χ0n) is 18.4. The van der Waals surface area contributed by atoms with Crippen molar-refractivity contribution in [3.05, 3.63) is 30.1 Å². The maximum absolute atomic E-state index is 13.6. The summed E-state index contributed by atoms with van der Waals surface area (Å²) in [6, 6.07) is 3.54. The molecule has 174 valence electrons. The summed E-state index contributed by atoms with van der Waals surface area (Å²) < 4.78 is 26.0. The second-order valence-corrected chi connectivity index (χ2v) is 8.14. The Hall–Kier alpha value is -2.68. The van der Waals surface area contributed by atoms with Crippen LogP contribution < -0.4 is 10.6 Å². The number of aromatic nitrogens is 3. The summed E-state index contributed by atoms with van der Waals surface area (Å²) in [5.41, 5.74) is 1.69. The molecule has 3 rings (SSSR count). The van der Waals surface area contributed by atoms with Crippen LogP contribution in [0.4, 0.5) is 20.5 Å². The summed E-state index contributed by atoms with van der Waals surface area (Å²) in [6.45, 7) is 1.38. The molecule has 1 atom stereocenters. The van der Waals surface area contributed by atoms with Gasteiger partial charge in [-0.3, -0.25) is 14.2 Å². The molecule has 1 fully saturated rings. The van der Waals surface area contributed by atoms with Crippen molar-refractivity contribution in [2.45, 2.75) is 70.2 Å². The maximum Gasteiger partial charge on any atom is 0.224 e. The number of carbonyl (C=O) groups excluding carboxylic acids is 1. The molecule has 0 aliphatic heterocycles. The Kier molecular flexibility index (Phi) is 8.84. The lowest BCUT2D eigenvalue weighted by atomic mass is 9.93. The topological polar surface area (TPSA) is 100 Å². The summed E-state index contributed by atoms with van der Waals surface area (Å²) in [6.07, 6.45) is 5.66. The predicted molar refractivity (Wildman–Crippen MR) is 120 cm³/mol. The molecule has 2 heterocycles. The number of anilines is 2. The van der Waals surface area contributed by atoms with Crippen LogP contribution in [0, 0.1) is 0 Å². The van der Waals surface area contributed by atoms with Crippen LogP contribution >= 0.6 is 0 Å². The van der Waals surface area contributed by atoms with E-state index in [1.165, 1.54) is 6.20 Å². The molecule has 0 amide bonds. The fraction of sp³-hybridized carbons (Fsp3) is 0.565. The molecule has 0 unspecified atom stereocenters. The Bertz CT molecular complexity index is 873. The summed E-state index contributed by atoms with van der Waals surface area (Å²) in [5, 5.41) is 16.1. The molecule has 3 N–H and O–H groups in total. The molecule has 1 aliphatic carbocycles. The molecule has 2 aromatic rings. The van der Waals surface area contributed by atoms with E-state index in [1.807, 2.05) is 0 Å². The molecule has 7 nitrogen and oxygen atoms in total. The molecule has 9 heteroatoms. The highest BCUT2D eigenvalue weighted by atomic mass is 19.1. The number of nitrogens with zero attached hydrogens (tertiary/aromatic N) is 3. The third-order valence-electron chi connectivity index (χ3n) is 5.65. The molecule has 1 saturated carbocycles. The average Bonchev–Trinajstić information content (AvgIpc) is 2.82. The van der Waals surface area contributed by atoms with E-state index >= 15 is 0 Å². The molecule has 0 radical (unpaired) electrons. The van der Waals surface area contributed by atoms with Gasteiger partial charge in [-0.2, -0.15) is 4.98 Å². The molecule has 0 aromatic carbocycles. The standard InChI is InChI=1S/C23H31F2N5O2/c1-2-16(25)13-27-23-28-14-19(22(30-23)29-17-6-8-18(31)9-7-17)20-10-5-15(12-26-20)21(32)4-3-11-24/h5,10,12,14,16-18,31H,2-4,6-9,11,13H2,1H3,(H2,27,28,29,30)/t16-,17-,18-/m0/s1. The van der Waals surface area contributed by atoms with E-state index in [-0.39, 0.29) is 37.3 Å². The lowest BCUT2D eigenvalue weighted by Crippen LogP contribution is -2.29. The molecule has 0 bridgehead atoms. The van der Waals surface area contributed by atoms with Crippen molar-refractivity contribution >= 4 is 17.5 Å². The minimum atomic E-state index is -0.987. The molecule has 1 aliphatic rings. The Morgan fingerprint density at radius 3 is 2.66 bits per heavy atom. The average molecular weight is 448 g/mol. The predicted octanol–water partition coefficient (Wildman–Crippen LogP) is 4.35. The second-order valence-electron chi connectivity index (χ2n) is 8.14. The number of pyridine rings is 1. The van der Waals surface area contributed by atoms with E-state index < -0.39 is 12.8 Å². The quantitative estimate of drug-likeness (QED) is 0.441. The van der Waals surface area contributed by atoms with Crippen LogP contribution in [-0.4, -0.2) is 57.4 Å². The number of hydrogen-bond acceptors (Lipinski definition) is 7. The number of nitrogens with one attached hydrogen (secondary N) is 2. The van der Waals surface area contributed by atoms with Crippen LogP contribution in [0.2, 0.25) is 0 Å². The van der Waals surface area contributed by atoms with Gasteiger partial charge in [-0.1, -0.05) is 6.92 Å². The largest absolute Gasteiger partial charge is 0.393 e. The van der Waals surface area contributed by atoms with Crippen molar-refractivity contribution in [3.63, 3.8) is 0 Å². The Labute approximate surface area is 187 Å². The minimum absolute atomic E-state index is 0.124. The molecule has 0 spiro atoms. The van der Waals surface area contributed by atoms with Gasteiger partial charge >= 0.3 is 0 Å². The molecule has 0 saturated heterocycles. The van der Waals surface area contributed by atoms with Gasteiger partial charge < -0.3 is 15.7 Å². The van der Waals surface area contributed by atoms with Crippen LogP contribution in [0.5, 0.6) is 0 Å². The highest BCUT2D eigenvalue weighted by Gasteiger charge is 2.22. The Morgan fingerprint density at radius 1 is 1.22 bits per heavy atom. The number of hydrogen-bond donors (Lipinski definition) is 3. The first-order valence-corrected chi connectivity index (χ1v) is 11.2. The summed E-state index contributed by atoms with van der Waals surface area (Å²) in [4.78, 5) is 25.4. The van der Waals surface area contributed by atoms with Crippen molar-refractivity contribution in [3.8, 4) is 11.3 Å². The lowest BCUT2D eigenvalue weighted by Gasteiger charge is -2.27. The monoisotopic (exact) mass is 447 g/mol. The van der Waals surface area contributed by atoms with E-state index in [1.54, 1.807) is 25.3 Å². The van der Waals surface area contributed by atoms with Gasteiger partial charge in [-0.05, 0) is 50.7 Å².